The van der Waals surface area contributed by atoms with Crippen molar-refractivity contribution in [2.75, 3.05) is 31.1 Å². The zero-order chi connectivity index (χ0) is 17.9. The molecule has 0 aromatic heterocycles. The molecule has 2 heterocycles. The van der Waals surface area contributed by atoms with E-state index in [0.717, 1.165) is 63.1 Å². The average Bonchev–Trinajstić information content (AvgIpc) is 2.62. The molecule has 4 nitrogen and oxygen atoms in total. The first-order valence-electron chi connectivity index (χ1n) is 8.87. The number of hydrogen-bond donors (Lipinski definition) is 2. The van der Waals surface area contributed by atoms with Crippen molar-refractivity contribution >= 4 is 11.6 Å². The van der Waals surface area contributed by atoms with Crippen molar-refractivity contribution in [3.05, 3.63) is 29.8 Å². The maximum atomic E-state index is 12.7. The molecule has 1 aromatic carbocycles. The predicted molar refractivity (Wildman–Crippen MR) is 90.4 cm³/mol. The summed E-state index contributed by atoms with van der Waals surface area (Å²) >= 11 is 0. The fourth-order valence-electron chi connectivity index (χ4n) is 3.59. The Labute approximate surface area is 145 Å². The molecule has 0 radical (unpaired) electrons. The number of alkyl halides is 3. The predicted octanol–water partition coefficient (Wildman–Crippen LogP) is 2.79. The molecule has 2 saturated heterocycles. The lowest BCUT2D eigenvalue weighted by Gasteiger charge is -2.36. The van der Waals surface area contributed by atoms with Gasteiger partial charge < -0.3 is 15.5 Å². The van der Waals surface area contributed by atoms with Crippen LogP contribution in [0.2, 0.25) is 0 Å². The van der Waals surface area contributed by atoms with E-state index in [2.05, 4.69) is 15.5 Å². The molecule has 138 valence electrons. The second-order valence-electron chi connectivity index (χ2n) is 6.86. The number of carbonyl (C=O) groups is 1. The molecule has 2 aliphatic rings. The summed E-state index contributed by atoms with van der Waals surface area (Å²) in [5, 5.41) is 6.38. The van der Waals surface area contributed by atoms with E-state index in [1.165, 1.54) is 12.1 Å². The zero-order valence-corrected chi connectivity index (χ0v) is 14.1. The van der Waals surface area contributed by atoms with Crippen molar-refractivity contribution < 1.29 is 18.0 Å². The third kappa shape index (κ3) is 4.66. The minimum absolute atomic E-state index is 0.0541. The monoisotopic (exact) mass is 355 g/mol. The number of anilines is 1. The molecular formula is C18H24F3N3O. The number of rotatable bonds is 3. The number of nitrogens with one attached hydrogen (secondary N) is 2. The minimum atomic E-state index is -4.31. The Balaban J connectivity index is 1.58. The van der Waals surface area contributed by atoms with Crippen molar-refractivity contribution in [1.29, 1.82) is 0 Å². The number of carbonyl (C=O) groups excluding carboxylic acids is 1. The van der Waals surface area contributed by atoms with Crippen molar-refractivity contribution in [1.82, 2.24) is 10.6 Å². The Morgan fingerprint density at radius 3 is 2.44 bits per heavy atom. The maximum absolute atomic E-state index is 12.7. The van der Waals surface area contributed by atoms with Gasteiger partial charge in [0.2, 0.25) is 5.91 Å². The van der Waals surface area contributed by atoms with Gasteiger partial charge in [-0.2, -0.15) is 13.2 Å². The Morgan fingerprint density at radius 1 is 1.12 bits per heavy atom. The van der Waals surface area contributed by atoms with Gasteiger partial charge in [-0.25, -0.2) is 0 Å². The van der Waals surface area contributed by atoms with Crippen LogP contribution in [0.15, 0.2) is 24.3 Å². The van der Waals surface area contributed by atoms with Crippen LogP contribution in [0, 0.1) is 5.92 Å². The van der Waals surface area contributed by atoms with Gasteiger partial charge in [0.05, 0.1) is 5.56 Å². The van der Waals surface area contributed by atoms with Gasteiger partial charge >= 0.3 is 6.18 Å². The van der Waals surface area contributed by atoms with Crippen LogP contribution < -0.4 is 15.5 Å². The highest BCUT2D eigenvalue weighted by Gasteiger charge is 2.31. The van der Waals surface area contributed by atoms with Gasteiger partial charge in [0.15, 0.2) is 0 Å². The van der Waals surface area contributed by atoms with Crippen LogP contribution in [-0.4, -0.2) is 38.1 Å². The highest BCUT2D eigenvalue weighted by molar-refractivity contribution is 5.79. The molecule has 3 rings (SSSR count). The molecule has 0 aliphatic carbocycles. The number of hydrogen-bond acceptors (Lipinski definition) is 3. The molecule has 1 aromatic rings. The van der Waals surface area contributed by atoms with E-state index in [9.17, 15) is 18.0 Å². The van der Waals surface area contributed by atoms with Crippen molar-refractivity contribution in [2.45, 2.75) is 37.9 Å². The Hall–Kier alpha value is -1.76. The molecule has 1 atom stereocenters. The molecule has 0 saturated carbocycles. The van der Waals surface area contributed by atoms with Gasteiger partial charge in [0.25, 0.3) is 0 Å². The molecule has 0 bridgehead atoms. The highest BCUT2D eigenvalue weighted by Crippen LogP contribution is 2.31. The number of piperidine rings is 2. The summed E-state index contributed by atoms with van der Waals surface area (Å²) in [6, 6.07) is 5.32. The van der Waals surface area contributed by atoms with E-state index < -0.39 is 11.7 Å². The second kappa shape index (κ2) is 7.64. The number of benzene rings is 1. The molecule has 7 heteroatoms. The summed E-state index contributed by atoms with van der Waals surface area (Å²) in [5.41, 5.74) is 0.137. The van der Waals surface area contributed by atoms with Crippen LogP contribution in [0.25, 0.3) is 0 Å². The van der Waals surface area contributed by atoms with E-state index in [1.54, 1.807) is 0 Å². The van der Waals surface area contributed by atoms with Gasteiger partial charge in [-0.3, -0.25) is 4.79 Å². The smallest absolute Gasteiger partial charge is 0.369 e. The second-order valence-corrected chi connectivity index (χ2v) is 6.86. The first-order chi connectivity index (χ1) is 11.9. The number of amides is 1. The van der Waals surface area contributed by atoms with E-state index in [1.807, 2.05) is 0 Å². The Morgan fingerprint density at radius 2 is 1.80 bits per heavy atom. The average molecular weight is 355 g/mol. The Kier molecular flexibility index (Phi) is 5.51. The molecule has 0 spiro atoms. The summed E-state index contributed by atoms with van der Waals surface area (Å²) in [7, 11) is 0. The summed E-state index contributed by atoms with van der Waals surface area (Å²) in [4.78, 5) is 14.4. The fraction of sp³-hybridized carbons (Fsp3) is 0.611. The highest BCUT2D eigenvalue weighted by atomic mass is 19.4. The van der Waals surface area contributed by atoms with E-state index >= 15 is 0 Å². The van der Waals surface area contributed by atoms with Crippen LogP contribution in [0.1, 0.15) is 31.2 Å². The lowest BCUT2D eigenvalue weighted by molar-refractivity contribution is -0.137. The maximum Gasteiger partial charge on any atom is 0.416 e. The first kappa shape index (κ1) is 18.0. The minimum Gasteiger partial charge on any atom is -0.369 e. The van der Waals surface area contributed by atoms with Crippen LogP contribution in [0.3, 0.4) is 0 Å². The third-order valence-electron chi connectivity index (χ3n) is 5.04. The van der Waals surface area contributed by atoms with Crippen LogP contribution in [-0.2, 0) is 11.0 Å². The quantitative estimate of drug-likeness (QED) is 0.876. The fourth-order valence-corrected chi connectivity index (χ4v) is 3.59. The van der Waals surface area contributed by atoms with Gasteiger partial charge in [-0.1, -0.05) is 0 Å². The van der Waals surface area contributed by atoms with Crippen molar-refractivity contribution in [3.8, 4) is 0 Å². The summed E-state index contributed by atoms with van der Waals surface area (Å²) in [6.45, 7) is 3.19. The van der Waals surface area contributed by atoms with Crippen LogP contribution in [0.4, 0.5) is 18.9 Å². The normalized spacial score (nSPS) is 22.7. The van der Waals surface area contributed by atoms with Gasteiger partial charge in [-0.15, -0.1) is 0 Å². The summed E-state index contributed by atoms with van der Waals surface area (Å²) < 4.78 is 38.0. The SMILES string of the molecule is O=C(N[C@@H]1CCCN(c2ccc(C(F)(F)F)cc2)C1)C1CCNCC1. The molecule has 2 aliphatic heterocycles. The van der Waals surface area contributed by atoms with Gasteiger partial charge in [0, 0.05) is 30.7 Å². The molecule has 0 unspecified atom stereocenters. The summed E-state index contributed by atoms with van der Waals surface area (Å²) in [5.74, 6) is 0.184. The third-order valence-corrected chi connectivity index (χ3v) is 5.04. The molecule has 2 fully saturated rings. The lowest BCUT2D eigenvalue weighted by atomic mass is 9.96. The van der Waals surface area contributed by atoms with Gasteiger partial charge in [-0.05, 0) is 63.0 Å². The van der Waals surface area contributed by atoms with E-state index in [0.29, 0.717) is 6.54 Å². The molecule has 25 heavy (non-hydrogen) atoms. The Bertz CT molecular complexity index is 582. The number of nitrogens with zero attached hydrogens (tertiary/aromatic N) is 1. The number of halogens is 3. The topological polar surface area (TPSA) is 44.4 Å². The van der Waals surface area contributed by atoms with Crippen LogP contribution in [0.5, 0.6) is 0 Å². The standard InChI is InChI=1S/C18H24F3N3O/c19-18(20,21)14-3-5-16(6-4-14)24-11-1-2-15(12-24)23-17(25)13-7-9-22-10-8-13/h3-6,13,15,22H,1-2,7-12H2,(H,23,25)/t15-/m1/s1. The largest absolute Gasteiger partial charge is 0.416 e. The van der Waals surface area contributed by atoms with E-state index in [4.69, 9.17) is 0 Å². The van der Waals surface area contributed by atoms with Gasteiger partial charge in [0.1, 0.15) is 0 Å². The van der Waals surface area contributed by atoms with Crippen molar-refractivity contribution in [3.63, 3.8) is 0 Å². The lowest BCUT2D eigenvalue weighted by Crippen LogP contribution is -2.50. The molecule has 2 N–H and O–H groups in total. The molecular weight excluding hydrogens is 331 g/mol. The first-order valence-corrected chi connectivity index (χ1v) is 8.87. The summed E-state index contributed by atoms with van der Waals surface area (Å²) in [6.07, 6.45) is -0.764. The van der Waals surface area contributed by atoms with E-state index in [-0.39, 0.29) is 17.9 Å². The van der Waals surface area contributed by atoms with Crippen molar-refractivity contribution in [2.24, 2.45) is 5.92 Å². The zero-order valence-electron chi connectivity index (χ0n) is 14.1. The molecule has 1 amide bonds. The van der Waals surface area contributed by atoms with Crippen LogP contribution >= 0.6 is 0 Å².